The Morgan fingerprint density at radius 3 is 2.65 bits per heavy atom. The third kappa shape index (κ3) is 4.30. The normalized spacial score (nSPS) is 15.4. The third-order valence-electron chi connectivity index (χ3n) is 6.39. The van der Waals surface area contributed by atoms with Crippen molar-refractivity contribution < 1.29 is 22.0 Å². The molecule has 0 aliphatic heterocycles. The zero-order valence-corrected chi connectivity index (χ0v) is 19.5. The fourth-order valence-electron chi connectivity index (χ4n) is 4.42. The smallest absolute Gasteiger partial charge is 0.434 e. The van der Waals surface area contributed by atoms with Gasteiger partial charge in [-0.25, -0.2) is 24.9 Å². The lowest BCUT2D eigenvalue weighted by Crippen LogP contribution is -2.04. The fourth-order valence-corrected chi connectivity index (χ4v) is 4.42. The monoisotopic (exact) mass is 508 g/mol. The highest BCUT2D eigenvalue weighted by Gasteiger charge is 2.34. The molecule has 11 heteroatoms. The minimum absolute atomic E-state index is 0.0908. The van der Waals surface area contributed by atoms with Gasteiger partial charge in [-0.3, -0.25) is 0 Å². The Morgan fingerprint density at radius 2 is 1.95 bits per heavy atom. The molecule has 0 unspecified atom stereocenters. The van der Waals surface area contributed by atoms with Gasteiger partial charge in [-0.05, 0) is 18.4 Å². The number of rotatable bonds is 6. The van der Waals surface area contributed by atoms with Gasteiger partial charge >= 0.3 is 6.18 Å². The van der Waals surface area contributed by atoms with Crippen LogP contribution in [0.5, 0.6) is 5.88 Å². The molecule has 0 atom stereocenters. The predicted octanol–water partition coefficient (Wildman–Crippen LogP) is 5.31. The third-order valence-corrected chi connectivity index (χ3v) is 6.39. The largest absolute Gasteiger partial charge is 0.480 e. The number of fused-ring (bicyclic) bond motifs is 1. The zero-order chi connectivity index (χ0) is 28.2. The van der Waals surface area contributed by atoms with Crippen LogP contribution in [0.25, 0.3) is 33.8 Å². The number of aromatic nitrogens is 7. The summed E-state index contributed by atoms with van der Waals surface area (Å²) in [5, 5.41) is 0. The van der Waals surface area contributed by atoms with Gasteiger partial charge in [0.15, 0.2) is 11.5 Å². The number of alkyl halides is 3. The number of H-pyrrole nitrogens is 1. The van der Waals surface area contributed by atoms with Crippen LogP contribution in [0.4, 0.5) is 13.2 Å². The molecule has 37 heavy (non-hydrogen) atoms. The van der Waals surface area contributed by atoms with E-state index in [9.17, 15) is 13.2 Å². The summed E-state index contributed by atoms with van der Waals surface area (Å²) in [5.74, 6) is 0.550. The van der Waals surface area contributed by atoms with Crippen molar-refractivity contribution in [1.82, 2.24) is 34.5 Å². The van der Waals surface area contributed by atoms with Gasteiger partial charge in [-0.15, -0.1) is 0 Å². The number of aromatic amines is 1. The number of nitrogens with zero attached hydrogens (tertiary/aromatic N) is 6. The van der Waals surface area contributed by atoms with Crippen molar-refractivity contribution in [3.63, 3.8) is 0 Å². The summed E-state index contributed by atoms with van der Waals surface area (Å²) in [4.78, 5) is 24.6. The maximum absolute atomic E-state index is 13.1. The van der Waals surface area contributed by atoms with Crippen LogP contribution in [-0.2, 0) is 19.6 Å². The summed E-state index contributed by atoms with van der Waals surface area (Å²) in [6.07, 6.45) is 3.48. The number of hydrogen-bond donors (Lipinski definition) is 1. The zero-order valence-electron chi connectivity index (χ0n) is 22.5. The second-order valence-corrected chi connectivity index (χ2v) is 9.02. The Labute approximate surface area is 213 Å². The average Bonchev–Trinajstić information content (AvgIpc) is 3.55. The number of methoxy groups -OCH3 is 1. The number of benzene rings is 1. The Bertz CT molecular complexity index is 1710. The summed E-state index contributed by atoms with van der Waals surface area (Å²) >= 11 is 0. The van der Waals surface area contributed by atoms with E-state index >= 15 is 0 Å². The molecule has 0 bridgehead atoms. The number of aryl methyl sites for hydroxylation is 1. The second-order valence-electron chi connectivity index (χ2n) is 9.02. The van der Waals surface area contributed by atoms with Gasteiger partial charge in [0.1, 0.15) is 17.7 Å². The lowest BCUT2D eigenvalue weighted by Gasteiger charge is -2.10. The van der Waals surface area contributed by atoms with Crippen molar-refractivity contribution >= 4 is 11.0 Å². The first-order valence-electron chi connectivity index (χ1n) is 13.0. The van der Waals surface area contributed by atoms with E-state index < -0.39 is 18.9 Å². The molecule has 4 aromatic heterocycles. The lowest BCUT2D eigenvalue weighted by atomic mass is 10.0. The fraction of sp³-hybridized carbons (Fsp3) is 0.269. The molecule has 1 aliphatic carbocycles. The highest BCUT2D eigenvalue weighted by Crippen LogP contribution is 2.45. The molecular formula is C26H22F3N7O. The van der Waals surface area contributed by atoms with Gasteiger partial charge in [-0.2, -0.15) is 13.2 Å². The minimum atomic E-state index is -4.52. The van der Waals surface area contributed by atoms with Gasteiger partial charge in [-0.1, -0.05) is 24.3 Å². The summed E-state index contributed by atoms with van der Waals surface area (Å²) in [5.41, 5.74) is 3.73. The Balaban J connectivity index is 1.32. The van der Waals surface area contributed by atoms with E-state index in [2.05, 4.69) is 24.9 Å². The standard InChI is InChI=1S/C26H22F3N7O/c1-36-12-19(26(27,28)29)34-24(36)16-5-3-14(4-6-16)9-17-10-30-18-11-31-23(35-21(17)18)20-22(15-7-8-15)32-13-33-25(20)37-2/h3-6,10-13,15,30H,7-9H2,1-2H3/i2D3. The van der Waals surface area contributed by atoms with Crippen molar-refractivity contribution in [3.8, 4) is 28.7 Å². The molecule has 1 fully saturated rings. The molecule has 1 N–H and O–H groups in total. The van der Waals surface area contributed by atoms with E-state index in [0.29, 0.717) is 34.3 Å². The van der Waals surface area contributed by atoms with Gasteiger partial charge in [0.2, 0.25) is 5.88 Å². The lowest BCUT2D eigenvalue weighted by molar-refractivity contribution is -0.140. The number of nitrogens with one attached hydrogen (secondary N) is 1. The highest BCUT2D eigenvalue weighted by molar-refractivity contribution is 5.81. The van der Waals surface area contributed by atoms with Crippen molar-refractivity contribution in [1.29, 1.82) is 0 Å². The summed E-state index contributed by atoms with van der Waals surface area (Å²) in [6, 6.07) is 7.12. The Morgan fingerprint density at radius 1 is 1.14 bits per heavy atom. The molecule has 0 amide bonds. The first-order chi connectivity index (χ1) is 19.0. The highest BCUT2D eigenvalue weighted by atomic mass is 19.4. The van der Waals surface area contributed by atoms with E-state index in [1.165, 1.54) is 17.9 Å². The first-order valence-corrected chi connectivity index (χ1v) is 11.5. The van der Waals surface area contributed by atoms with Crippen LogP contribution in [0.3, 0.4) is 0 Å². The van der Waals surface area contributed by atoms with E-state index in [-0.39, 0.29) is 23.4 Å². The molecule has 1 saturated carbocycles. The Hall–Kier alpha value is -4.28. The summed E-state index contributed by atoms with van der Waals surface area (Å²) in [6.45, 7) is 0. The van der Waals surface area contributed by atoms with Gasteiger partial charge < -0.3 is 14.3 Å². The van der Waals surface area contributed by atoms with Crippen LogP contribution >= 0.6 is 0 Å². The molecule has 5 aromatic rings. The van der Waals surface area contributed by atoms with Crippen LogP contribution in [0.1, 0.15) is 45.4 Å². The second kappa shape index (κ2) is 8.68. The molecule has 1 aliphatic rings. The number of ether oxygens (including phenoxy) is 1. The molecule has 0 radical (unpaired) electrons. The van der Waals surface area contributed by atoms with Crippen LogP contribution in [0, 0.1) is 0 Å². The van der Waals surface area contributed by atoms with Gasteiger partial charge in [0.05, 0.1) is 34.1 Å². The average molecular weight is 509 g/mol. The SMILES string of the molecule is [2H]C([2H])([2H])Oc1ncnc(C2CC2)c1-c1ncc2[nH]cc(Cc3ccc(-c4nc(C(F)(F)F)cn4C)cc3)c2n1. The molecule has 8 nitrogen and oxygen atoms in total. The molecule has 0 saturated heterocycles. The number of halogens is 3. The van der Waals surface area contributed by atoms with Crippen molar-refractivity contribution in [2.24, 2.45) is 7.05 Å². The van der Waals surface area contributed by atoms with E-state index in [4.69, 9.17) is 13.8 Å². The van der Waals surface area contributed by atoms with E-state index in [1.54, 1.807) is 18.3 Å². The number of imidazole rings is 1. The van der Waals surface area contributed by atoms with Crippen LogP contribution in [0.2, 0.25) is 0 Å². The summed E-state index contributed by atoms with van der Waals surface area (Å²) < 4.78 is 68.4. The Kier molecular flexibility index (Phi) is 4.66. The predicted molar refractivity (Wildman–Crippen MR) is 130 cm³/mol. The van der Waals surface area contributed by atoms with Crippen molar-refractivity contribution in [2.75, 3.05) is 7.04 Å². The van der Waals surface area contributed by atoms with Gasteiger partial charge in [0.25, 0.3) is 0 Å². The van der Waals surface area contributed by atoms with Crippen molar-refractivity contribution in [3.05, 3.63) is 71.7 Å². The van der Waals surface area contributed by atoms with Crippen LogP contribution < -0.4 is 4.74 Å². The quantitative estimate of drug-likeness (QED) is 0.334. The molecule has 188 valence electrons. The van der Waals surface area contributed by atoms with Gasteiger partial charge in [0, 0.05) is 42.9 Å². The first kappa shape index (κ1) is 19.9. The maximum Gasteiger partial charge on any atom is 0.434 e. The van der Waals surface area contributed by atoms with Crippen molar-refractivity contribution in [2.45, 2.75) is 31.4 Å². The topological polar surface area (TPSA) is 94.4 Å². The molecular weight excluding hydrogens is 483 g/mol. The number of hydrogen-bond acceptors (Lipinski definition) is 6. The van der Waals surface area contributed by atoms with Crippen LogP contribution in [0.15, 0.2) is 49.2 Å². The van der Waals surface area contributed by atoms with E-state index in [1.807, 2.05) is 18.3 Å². The van der Waals surface area contributed by atoms with E-state index in [0.717, 1.165) is 30.2 Å². The minimum Gasteiger partial charge on any atom is -0.480 e. The maximum atomic E-state index is 13.1. The molecule has 0 spiro atoms. The molecule has 4 heterocycles. The molecule has 6 rings (SSSR count). The summed E-state index contributed by atoms with van der Waals surface area (Å²) in [7, 11) is -1.18. The van der Waals surface area contributed by atoms with Crippen LogP contribution in [-0.4, -0.2) is 41.5 Å². The molecule has 1 aromatic carbocycles.